The molecule has 0 saturated carbocycles. The van der Waals surface area contributed by atoms with E-state index >= 15 is 0 Å². The third kappa shape index (κ3) is 5.95. The second-order valence-corrected chi connectivity index (χ2v) is 14.2. The predicted molar refractivity (Wildman–Crippen MR) is 233 cm³/mol. The summed E-state index contributed by atoms with van der Waals surface area (Å²) in [7, 11) is 0. The summed E-state index contributed by atoms with van der Waals surface area (Å²) in [6, 6.07) is 71.1. The zero-order valence-corrected chi connectivity index (χ0v) is 30.2. The predicted octanol–water partition coefficient (Wildman–Crippen LogP) is 13.7. The van der Waals surface area contributed by atoms with Crippen LogP contribution in [-0.4, -0.2) is 11.5 Å². The molecule has 9 aromatic carbocycles. The zero-order chi connectivity index (χ0) is 36.7. The van der Waals surface area contributed by atoms with Gasteiger partial charge in [0.2, 0.25) is 0 Å². The minimum Gasteiger partial charge on any atom is -0.253 e. The largest absolute Gasteiger partial charge is 0.253 e. The number of hydrogen-bond donors (Lipinski definition) is 0. The minimum absolute atomic E-state index is 0.289. The molecular formula is C53H36N2. The highest BCUT2D eigenvalue weighted by atomic mass is 15.0. The Morgan fingerprint density at radius 1 is 0.327 bits per heavy atom. The Bertz CT molecular complexity index is 2940. The van der Waals surface area contributed by atoms with Crippen LogP contribution in [0.1, 0.15) is 22.7 Å². The van der Waals surface area contributed by atoms with Crippen LogP contribution < -0.4 is 0 Å². The van der Waals surface area contributed by atoms with Gasteiger partial charge in [-0.1, -0.05) is 189 Å². The van der Waals surface area contributed by atoms with E-state index in [-0.39, 0.29) is 6.04 Å². The Morgan fingerprint density at radius 2 is 0.764 bits per heavy atom. The zero-order valence-electron chi connectivity index (χ0n) is 30.2. The smallest absolute Gasteiger partial charge is 0.156 e. The Kier molecular flexibility index (Phi) is 8.08. The first-order chi connectivity index (χ1) is 27.2. The van der Waals surface area contributed by atoms with Gasteiger partial charge in [0.05, 0.1) is 5.71 Å². The van der Waals surface area contributed by atoms with E-state index in [1.165, 1.54) is 49.0 Å². The SMILES string of the molecule is C=C1C(c2ccccc2)=NC(c2ccc(-c3ccccc3)cc2)=NC1c1cccc(-c2cccc(-c3ccc4c5ccccc5c5ccccc5c4c3)c2)c1. The van der Waals surface area contributed by atoms with E-state index in [0.29, 0.717) is 5.84 Å². The highest BCUT2D eigenvalue weighted by Crippen LogP contribution is 2.39. The summed E-state index contributed by atoms with van der Waals surface area (Å²) < 4.78 is 0. The molecule has 0 amide bonds. The maximum Gasteiger partial charge on any atom is 0.156 e. The van der Waals surface area contributed by atoms with Crippen molar-refractivity contribution < 1.29 is 0 Å². The fourth-order valence-corrected chi connectivity index (χ4v) is 8.09. The molecule has 1 unspecified atom stereocenters. The van der Waals surface area contributed by atoms with Crippen molar-refractivity contribution in [2.24, 2.45) is 9.98 Å². The lowest BCUT2D eigenvalue weighted by Gasteiger charge is -2.24. The van der Waals surface area contributed by atoms with Gasteiger partial charge < -0.3 is 0 Å². The molecule has 0 saturated heterocycles. The molecule has 9 aromatic rings. The second-order valence-electron chi connectivity index (χ2n) is 14.2. The van der Waals surface area contributed by atoms with Gasteiger partial charge in [0.15, 0.2) is 5.84 Å². The number of amidine groups is 1. The fraction of sp³-hybridized carbons (Fsp3) is 0.0189. The van der Waals surface area contributed by atoms with Crippen molar-refractivity contribution in [3.05, 3.63) is 229 Å². The van der Waals surface area contributed by atoms with Crippen molar-refractivity contribution in [2.75, 3.05) is 0 Å². The molecule has 2 heteroatoms. The van der Waals surface area contributed by atoms with E-state index in [1.807, 2.05) is 24.3 Å². The minimum atomic E-state index is -0.289. The van der Waals surface area contributed by atoms with E-state index in [1.54, 1.807) is 0 Å². The van der Waals surface area contributed by atoms with E-state index < -0.39 is 0 Å². The molecule has 55 heavy (non-hydrogen) atoms. The van der Waals surface area contributed by atoms with Gasteiger partial charge in [0, 0.05) is 16.7 Å². The topological polar surface area (TPSA) is 24.7 Å². The van der Waals surface area contributed by atoms with Crippen molar-refractivity contribution >= 4 is 43.9 Å². The molecule has 1 aliphatic rings. The van der Waals surface area contributed by atoms with E-state index in [0.717, 1.165) is 44.7 Å². The molecule has 1 atom stereocenters. The Balaban J connectivity index is 1.03. The Morgan fingerprint density at radius 3 is 1.40 bits per heavy atom. The lowest BCUT2D eigenvalue weighted by atomic mass is 9.89. The van der Waals surface area contributed by atoms with Crippen LogP contribution in [0.5, 0.6) is 0 Å². The average Bonchev–Trinajstić information content (AvgIpc) is 3.27. The van der Waals surface area contributed by atoms with Gasteiger partial charge in [0.1, 0.15) is 6.04 Å². The summed E-state index contributed by atoms with van der Waals surface area (Å²) in [5.41, 5.74) is 11.9. The molecule has 0 aromatic heterocycles. The van der Waals surface area contributed by atoms with Crippen molar-refractivity contribution in [3.8, 4) is 33.4 Å². The van der Waals surface area contributed by atoms with Gasteiger partial charge in [-0.25, -0.2) is 4.99 Å². The molecule has 0 aliphatic carbocycles. The lowest BCUT2D eigenvalue weighted by Crippen LogP contribution is -2.20. The maximum absolute atomic E-state index is 5.29. The first kappa shape index (κ1) is 32.5. The number of fused-ring (bicyclic) bond motifs is 6. The number of nitrogens with zero attached hydrogens (tertiary/aromatic N) is 2. The number of aliphatic imine (C=N–C) groups is 2. The molecule has 258 valence electrons. The number of benzene rings is 9. The van der Waals surface area contributed by atoms with Gasteiger partial charge in [-0.2, -0.15) is 0 Å². The van der Waals surface area contributed by atoms with Gasteiger partial charge in [-0.3, -0.25) is 4.99 Å². The molecule has 0 N–H and O–H groups in total. The van der Waals surface area contributed by atoms with Gasteiger partial charge in [-0.05, 0) is 89.5 Å². The van der Waals surface area contributed by atoms with Crippen LogP contribution >= 0.6 is 0 Å². The first-order valence-corrected chi connectivity index (χ1v) is 18.8. The highest BCUT2D eigenvalue weighted by Gasteiger charge is 2.26. The molecule has 10 rings (SSSR count). The van der Waals surface area contributed by atoms with Gasteiger partial charge in [0.25, 0.3) is 0 Å². The van der Waals surface area contributed by atoms with Crippen LogP contribution in [0.4, 0.5) is 0 Å². The van der Waals surface area contributed by atoms with Crippen LogP contribution in [0.2, 0.25) is 0 Å². The summed E-state index contributed by atoms with van der Waals surface area (Å²) in [4.78, 5) is 10.4. The van der Waals surface area contributed by atoms with E-state index in [2.05, 4.69) is 183 Å². The van der Waals surface area contributed by atoms with E-state index in [9.17, 15) is 0 Å². The summed E-state index contributed by atoms with van der Waals surface area (Å²) in [5, 5.41) is 7.69. The van der Waals surface area contributed by atoms with Crippen molar-refractivity contribution in [1.29, 1.82) is 0 Å². The van der Waals surface area contributed by atoms with Crippen LogP contribution in [0.15, 0.2) is 222 Å². The van der Waals surface area contributed by atoms with Crippen molar-refractivity contribution in [2.45, 2.75) is 6.04 Å². The standard InChI is InChI=1S/C53H36N2/c1-35-51(38-16-6-3-7-17-38)54-53(39-28-26-37(27-29-39)36-14-4-2-5-15-36)55-52(35)44-21-13-20-42(33-44)40-18-12-19-41(32-40)43-30-31-49-47-24-9-8-22-45(47)46-23-10-11-25-48(46)50(49)34-43/h2-34,52H,1H2. The highest BCUT2D eigenvalue weighted by molar-refractivity contribution is 6.26. The van der Waals surface area contributed by atoms with Gasteiger partial charge >= 0.3 is 0 Å². The number of hydrogen-bond acceptors (Lipinski definition) is 2. The van der Waals surface area contributed by atoms with Crippen LogP contribution in [0, 0.1) is 0 Å². The molecular weight excluding hydrogens is 665 g/mol. The molecule has 0 bridgehead atoms. The van der Waals surface area contributed by atoms with Crippen molar-refractivity contribution in [1.82, 2.24) is 0 Å². The molecule has 0 radical (unpaired) electrons. The van der Waals surface area contributed by atoms with Crippen LogP contribution in [0.3, 0.4) is 0 Å². The lowest BCUT2D eigenvalue weighted by molar-refractivity contribution is 0.874. The third-order valence-electron chi connectivity index (χ3n) is 10.9. The molecule has 1 heterocycles. The summed E-state index contributed by atoms with van der Waals surface area (Å²) in [5.74, 6) is 0.708. The Labute approximate surface area is 321 Å². The van der Waals surface area contributed by atoms with E-state index in [4.69, 9.17) is 9.98 Å². The molecule has 2 nitrogen and oxygen atoms in total. The normalized spacial score (nSPS) is 14.3. The second kappa shape index (κ2) is 13.7. The summed E-state index contributed by atoms with van der Waals surface area (Å²) >= 11 is 0. The fourth-order valence-electron chi connectivity index (χ4n) is 8.09. The van der Waals surface area contributed by atoms with Crippen molar-refractivity contribution in [3.63, 3.8) is 0 Å². The summed E-state index contributed by atoms with van der Waals surface area (Å²) in [6.45, 7) is 4.60. The molecule has 0 fully saturated rings. The number of rotatable bonds is 6. The van der Waals surface area contributed by atoms with Crippen LogP contribution in [-0.2, 0) is 0 Å². The molecule has 0 spiro atoms. The summed E-state index contributed by atoms with van der Waals surface area (Å²) in [6.07, 6.45) is 0. The molecule has 1 aliphatic heterocycles. The monoisotopic (exact) mass is 700 g/mol. The maximum atomic E-state index is 5.29. The van der Waals surface area contributed by atoms with Crippen LogP contribution in [0.25, 0.3) is 65.7 Å². The third-order valence-corrected chi connectivity index (χ3v) is 10.9. The average molecular weight is 701 g/mol. The first-order valence-electron chi connectivity index (χ1n) is 18.8. The Hall–Kier alpha value is -7.16. The van der Waals surface area contributed by atoms with Gasteiger partial charge in [-0.15, -0.1) is 0 Å². The quantitative estimate of drug-likeness (QED) is 0.154.